The summed E-state index contributed by atoms with van der Waals surface area (Å²) < 4.78 is 12.8. The first-order valence-corrected chi connectivity index (χ1v) is 7.29. The van der Waals surface area contributed by atoms with Crippen LogP contribution in [-0.2, 0) is 4.79 Å². The minimum absolute atomic E-state index is 0.124. The van der Waals surface area contributed by atoms with Crippen LogP contribution in [0.3, 0.4) is 0 Å². The first-order valence-electron chi connectivity index (χ1n) is 6.03. The molecule has 2 aromatic carbocycles. The highest BCUT2D eigenvalue weighted by Gasteiger charge is 2.14. The lowest BCUT2D eigenvalue weighted by atomic mass is 10.3. The summed E-state index contributed by atoms with van der Waals surface area (Å²) in [4.78, 5) is 12.9. The number of rotatable bonds is 4. The molecule has 0 aromatic heterocycles. The Morgan fingerprint density at radius 3 is 2.60 bits per heavy atom. The number of benzene rings is 2. The molecule has 104 valence electrons. The summed E-state index contributed by atoms with van der Waals surface area (Å²) >= 11 is 7.23. The number of thioether (sulfide) groups is 1. The first kappa shape index (κ1) is 14.9. The molecule has 0 aliphatic heterocycles. The standard InChI is InChI=1S/C15H13ClFNOS/c1-10(20-14-7-5-12(17)6-8-14)15(19)18-13-4-2-3-11(16)9-13/h2-10H,1H3,(H,18,19)/t10-/m0/s1. The molecule has 0 fully saturated rings. The summed E-state index contributed by atoms with van der Waals surface area (Å²) in [7, 11) is 0. The van der Waals surface area contributed by atoms with E-state index in [0.29, 0.717) is 10.7 Å². The van der Waals surface area contributed by atoms with E-state index in [4.69, 9.17) is 11.6 Å². The van der Waals surface area contributed by atoms with Crippen molar-refractivity contribution in [3.8, 4) is 0 Å². The van der Waals surface area contributed by atoms with E-state index in [2.05, 4.69) is 5.32 Å². The number of halogens is 2. The average Bonchev–Trinajstić information content (AvgIpc) is 2.41. The Morgan fingerprint density at radius 1 is 1.25 bits per heavy atom. The second-order valence-electron chi connectivity index (χ2n) is 4.21. The molecule has 0 aliphatic rings. The average molecular weight is 310 g/mol. The molecular weight excluding hydrogens is 297 g/mol. The van der Waals surface area contributed by atoms with Gasteiger partial charge in [0.1, 0.15) is 5.82 Å². The molecule has 0 saturated carbocycles. The predicted octanol–water partition coefficient (Wildman–Crippen LogP) is 4.60. The summed E-state index contributed by atoms with van der Waals surface area (Å²) in [5, 5.41) is 3.07. The van der Waals surface area contributed by atoms with E-state index in [0.717, 1.165) is 4.90 Å². The van der Waals surface area contributed by atoms with E-state index < -0.39 is 0 Å². The minimum Gasteiger partial charge on any atom is -0.325 e. The van der Waals surface area contributed by atoms with Gasteiger partial charge in [0.25, 0.3) is 0 Å². The second-order valence-corrected chi connectivity index (χ2v) is 6.06. The van der Waals surface area contributed by atoms with Crippen molar-refractivity contribution in [2.75, 3.05) is 5.32 Å². The van der Waals surface area contributed by atoms with Crippen molar-refractivity contribution >= 4 is 35.0 Å². The highest BCUT2D eigenvalue weighted by atomic mass is 35.5. The summed E-state index contributed by atoms with van der Waals surface area (Å²) in [6.45, 7) is 1.80. The first-order chi connectivity index (χ1) is 9.54. The monoisotopic (exact) mass is 309 g/mol. The van der Waals surface area contributed by atoms with Gasteiger partial charge in [-0.1, -0.05) is 17.7 Å². The Labute approximate surface area is 126 Å². The van der Waals surface area contributed by atoms with E-state index in [-0.39, 0.29) is 17.0 Å². The van der Waals surface area contributed by atoms with Gasteiger partial charge in [-0.2, -0.15) is 0 Å². The molecule has 0 bridgehead atoms. The molecule has 0 saturated heterocycles. The van der Waals surface area contributed by atoms with Crippen LogP contribution in [0.4, 0.5) is 10.1 Å². The topological polar surface area (TPSA) is 29.1 Å². The van der Waals surface area contributed by atoms with E-state index in [1.54, 1.807) is 43.3 Å². The number of amides is 1. The van der Waals surface area contributed by atoms with Gasteiger partial charge in [-0.15, -0.1) is 11.8 Å². The van der Waals surface area contributed by atoms with E-state index in [1.807, 2.05) is 0 Å². The predicted molar refractivity (Wildman–Crippen MR) is 81.8 cm³/mol. The number of nitrogens with one attached hydrogen (secondary N) is 1. The van der Waals surface area contributed by atoms with Crippen molar-refractivity contribution in [1.82, 2.24) is 0 Å². The van der Waals surface area contributed by atoms with E-state index in [9.17, 15) is 9.18 Å². The van der Waals surface area contributed by atoms with Gasteiger partial charge in [-0.3, -0.25) is 4.79 Å². The lowest BCUT2D eigenvalue weighted by Crippen LogP contribution is -2.22. The highest BCUT2D eigenvalue weighted by molar-refractivity contribution is 8.00. The zero-order valence-corrected chi connectivity index (χ0v) is 12.3. The second kappa shape index (κ2) is 6.77. The lowest BCUT2D eigenvalue weighted by Gasteiger charge is -2.12. The maximum absolute atomic E-state index is 12.8. The fourth-order valence-electron chi connectivity index (χ4n) is 1.58. The SMILES string of the molecule is C[C@H](Sc1ccc(F)cc1)C(=O)Nc1cccc(Cl)c1. The number of carbonyl (C=O) groups is 1. The van der Waals surface area contributed by atoms with Crippen LogP contribution in [0.5, 0.6) is 0 Å². The maximum atomic E-state index is 12.8. The maximum Gasteiger partial charge on any atom is 0.237 e. The van der Waals surface area contributed by atoms with Crippen LogP contribution in [0.1, 0.15) is 6.92 Å². The van der Waals surface area contributed by atoms with Gasteiger partial charge in [0.05, 0.1) is 5.25 Å². The fraction of sp³-hybridized carbons (Fsp3) is 0.133. The van der Waals surface area contributed by atoms with Crippen molar-refractivity contribution < 1.29 is 9.18 Å². The zero-order valence-electron chi connectivity index (χ0n) is 10.8. The van der Waals surface area contributed by atoms with Gasteiger partial charge in [0.15, 0.2) is 0 Å². The third-order valence-electron chi connectivity index (χ3n) is 2.59. The summed E-state index contributed by atoms with van der Waals surface area (Å²) in [6.07, 6.45) is 0. The number of anilines is 1. The largest absolute Gasteiger partial charge is 0.325 e. The zero-order chi connectivity index (χ0) is 14.5. The Kier molecular flexibility index (Phi) is 5.04. The number of hydrogen-bond donors (Lipinski definition) is 1. The molecule has 0 radical (unpaired) electrons. The van der Waals surface area contributed by atoms with Crippen molar-refractivity contribution in [1.29, 1.82) is 0 Å². The molecular formula is C15H13ClFNOS. The van der Waals surface area contributed by atoms with Crippen LogP contribution < -0.4 is 5.32 Å². The molecule has 0 spiro atoms. The van der Waals surface area contributed by atoms with Crippen molar-refractivity contribution in [2.45, 2.75) is 17.1 Å². The molecule has 5 heteroatoms. The molecule has 0 unspecified atom stereocenters. The fourth-order valence-corrected chi connectivity index (χ4v) is 2.64. The van der Waals surface area contributed by atoms with Crippen LogP contribution in [0.25, 0.3) is 0 Å². The van der Waals surface area contributed by atoms with Gasteiger partial charge in [0, 0.05) is 15.6 Å². The number of carbonyl (C=O) groups excluding carboxylic acids is 1. The molecule has 0 aliphatic carbocycles. The third-order valence-corrected chi connectivity index (χ3v) is 3.93. The van der Waals surface area contributed by atoms with Crippen LogP contribution in [0, 0.1) is 5.82 Å². The van der Waals surface area contributed by atoms with Crippen LogP contribution in [0.2, 0.25) is 5.02 Å². The molecule has 20 heavy (non-hydrogen) atoms. The molecule has 1 N–H and O–H groups in total. The van der Waals surface area contributed by atoms with E-state index >= 15 is 0 Å². The molecule has 2 rings (SSSR count). The summed E-state index contributed by atoms with van der Waals surface area (Å²) in [5.74, 6) is -0.410. The quantitative estimate of drug-likeness (QED) is 0.836. The van der Waals surface area contributed by atoms with Crippen molar-refractivity contribution in [2.24, 2.45) is 0 Å². The van der Waals surface area contributed by atoms with Gasteiger partial charge >= 0.3 is 0 Å². The van der Waals surface area contributed by atoms with Gasteiger partial charge in [-0.05, 0) is 49.4 Å². The van der Waals surface area contributed by atoms with Crippen LogP contribution in [0.15, 0.2) is 53.4 Å². The van der Waals surface area contributed by atoms with Gasteiger partial charge in [-0.25, -0.2) is 4.39 Å². The molecule has 2 nitrogen and oxygen atoms in total. The molecule has 1 atom stereocenters. The Morgan fingerprint density at radius 2 is 1.95 bits per heavy atom. The highest BCUT2D eigenvalue weighted by Crippen LogP contribution is 2.24. The van der Waals surface area contributed by atoms with Gasteiger partial charge in [0.2, 0.25) is 5.91 Å². The minimum atomic E-state index is -0.292. The Bertz CT molecular complexity index is 603. The third kappa shape index (κ3) is 4.25. The molecule has 0 heterocycles. The number of hydrogen-bond acceptors (Lipinski definition) is 2. The Balaban J connectivity index is 1.96. The molecule has 1 amide bonds. The van der Waals surface area contributed by atoms with Crippen LogP contribution >= 0.6 is 23.4 Å². The Hall–Kier alpha value is -1.52. The molecule has 2 aromatic rings. The summed E-state index contributed by atoms with van der Waals surface area (Å²) in [6, 6.07) is 13.1. The van der Waals surface area contributed by atoms with E-state index in [1.165, 1.54) is 23.9 Å². The van der Waals surface area contributed by atoms with Crippen molar-refractivity contribution in [3.63, 3.8) is 0 Å². The van der Waals surface area contributed by atoms with Crippen molar-refractivity contribution in [3.05, 3.63) is 59.4 Å². The summed E-state index contributed by atoms with van der Waals surface area (Å²) in [5.41, 5.74) is 0.661. The van der Waals surface area contributed by atoms with Crippen LogP contribution in [-0.4, -0.2) is 11.2 Å². The normalized spacial score (nSPS) is 11.9. The lowest BCUT2D eigenvalue weighted by molar-refractivity contribution is -0.115. The van der Waals surface area contributed by atoms with Gasteiger partial charge < -0.3 is 5.32 Å². The smallest absolute Gasteiger partial charge is 0.237 e.